The molecule has 1 aliphatic rings. The van der Waals surface area contributed by atoms with Crippen LogP contribution in [0.3, 0.4) is 0 Å². The van der Waals surface area contributed by atoms with Crippen LogP contribution in [0.4, 0.5) is 4.79 Å². The second-order valence-corrected chi connectivity index (χ2v) is 6.99. The molecular formula is C19H17NO4S. The number of imide groups is 1. The number of benzene rings is 2. The summed E-state index contributed by atoms with van der Waals surface area (Å²) in [5.74, 6) is 0.258. The molecule has 0 bridgehead atoms. The molecule has 0 aromatic heterocycles. The molecule has 2 amide bonds. The number of nitrogens with one attached hydrogen (secondary N) is 1. The number of Topliss-reactive ketones (excluding diaryl/α,β-unsaturated/α-hetero) is 1. The number of carbonyl (C=O) groups excluding carboxylic acids is 3. The minimum atomic E-state index is -0.387. The molecular weight excluding hydrogens is 338 g/mol. The summed E-state index contributed by atoms with van der Waals surface area (Å²) in [6.45, 7) is 1.91. The van der Waals surface area contributed by atoms with Crippen LogP contribution in [0.2, 0.25) is 0 Å². The topological polar surface area (TPSA) is 72.5 Å². The Morgan fingerprint density at radius 3 is 2.56 bits per heavy atom. The van der Waals surface area contributed by atoms with Gasteiger partial charge in [-0.1, -0.05) is 47.7 Å². The number of amides is 2. The maximum absolute atomic E-state index is 12.1. The maximum atomic E-state index is 12.1. The Morgan fingerprint density at radius 1 is 1.16 bits per heavy atom. The van der Waals surface area contributed by atoms with Crippen LogP contribution in [0.5, 0.6) is 5.75 Å². The van der Waals surface area contributed by atoms with E-state index in [1.165, 1.54) is 0 Å². The zero-order valence-electron chi connectivity index (χ0n) is 13.7. The largest absolute Gasteiger partial charge is 0.485 e. The minimum Gasteiger partial charge on any atom is -0.485 e. The molecule has 25 heavy (non-hydrogen) atoms. The van der Waals surface area contributed by atoms with E-state index in [9.17, 15) is 14.4 Å². The molecule has 1 fully saturated rings. The lowest BCUT2D eigenvalue weighted by Crippen LogP contribution is -2.25. The molecule has 128 valence electrons. The zero-order valence-corrected chi connectivity index (χ0v) is 14.5. The highest BCUT2D eigenvalue weighted by molar-refractivity contribution is 8.15. The lowest BCUT2D eigenvalue weighted by atomic mass is 10.1. The molecule has 0 spiro atoms. The van der Waals surface area contributed by atoms with E-state index < -0.39 is 0 Å². The van der Waals surface area contributed by atoms with Crippen molar-refractivity contribution in [2.45, 2.75) is 18.6 Å². The highest BCUT2D eigenvalue weighted by atomic mass is 32.2. The fourth-order valence-corrected chi connectivity index (χ4v) is 3.37. The third kappa shape index (κ3) is 4.48. The van der Waals surface area contributed by atoms with Crippen LogP contribution in [0, 0.1) is 6.92 Å². The van der Waals surface area contributed by atoms with Crippen molar-refractivity contribution >= 4 is 28.7 Å². The van der Waals surface area contributed by atoms with Crippen molar-refractivity contribution in [3.05, 3.63) is 65.2 Å². The third-order valence-corrected chi connectivity index (χ3v) is 4.80. The molecule has 2 aromatic carbocycles. The standard InChI is InChI=1S/C19H17NO4S/c1-12-3-2-4-14(9-12)16(21)11-24-15-7-5-13(6-8-15)10-17-18(22)20-19(23)25-17/h2-9,17H,10-11H2,1H3,(H,20,22,23). The lowest BCUT2D eigenvalue weighted by molar-refractivity contribution is -0.118. The van der Waals surface area contributed by atoms with Crippen molar-refractivity contribution in [3.8, 4) is 5.75 Å². The smallest absolute Gasteiger partial charge is 0.286 e. The van der Waals surface area contributed by atoms with Crippen LogP contribution in [0.1, 0.15) is 21.5 Å². The first-order chi connectivity index (χ1) is 12.0. The number of rotatable bonds is 6. The van der Waals surface area contributed by atoms with Crippen LogP contribution in [-0.2, 0) is 11.2 Å². The van der Waals surface area contributed by atoms with Gasteiger partial charge in [-0.2, -0.15) is 0 Å². The van der Waals surface area contributed by atoms with Gasteiger partial charge in [0, 0.05) is 5.56 Å². The number of hydrogen-bond acceptors (Lipinski definition) is 5. The molecule has 1 atom stereocenters. The molecule has 1 saturated heterocycles. The van der Waals surface area contributed by atoms with E-state index in [1.54, 1.807) is 18.2 Å². The molecule has 3 rings (SSSR count). The van der Waals surface area contributed by atoms with Gasteiger partial charge in [-0.25, -0.2) is 0 Å². The second kappa shape index (κ2) is 7.53. The highest BCUT2D eigenvalue weighted by Crippen LogP contribution is 2.24. The summed E-state index contributed by atoms with van der Waals surface area (Å²) in [7, 11) is 0. The molecule has 0 radical (unpaired) electrons. The number of thioether (sulfide) groups is 1. The van der Waals surface area contributed by atoms with E-state index in [4.69, 9.17) is 4.74 Å². The predicted molar refractivity (Wildman–Crippen MR) is 96.1 cm³/mol. The van der Waals surface area contributed by atoms with E-state index in [1.807, 2.05) is 37.3 Å². The maximum Gasteiger partial charge on any atom is 0.286 e. The summed E-state index contributed by atoms with van der Waals surface area (Å²) in [6.07, 6.45) is 0.477. The summed E-state index contributed by atoms with van der Waals surface area (Å²) in [6, 6.07) is 14.6. The summed E-state index contributed by atoms with van der Waals surface area (Å²) < 4.78 is 5.54. The Kier molecular flexibility index (Phi) is 5.19. The molecule has 1 N–H and O–H groups in total. The van der Waals surface area contributed by atoms with Crippen LogP contribution < -0.4 is 10.1 Å². The average Bonchev–Trinajstić information content (AvgIpc) is 2.91. The first-order valence-corrected chi connectivity index (χ1v) is 8.72. The molecule has 6 heteroatoms. The molecule has 2 aromatic rings. The summed E-state index contributed by atoms with van der Waals surface area (Å²) >= 11 is 1.01. The van der Waals surface area contributed by atoms with Crippen molar-refractivity contribution in [2.75, 3.05) is 6.61 Å². The Morgan fingerprint density at radius 2 is 1.92 bits per heavy atom. The van der Waals surface area contributed by atoms with Crippen molar-refractivity contribution in [2.24, 2.45) is 0 Å². The molecule has 0 aliphatic carbocycles. The Hall–Kier alpha value is -2.60. The first kappa shape index (κ1) is 17.2. The van der Waals surface area contributed by atoms with Gasteiger partial charge in [-0.3, -0.25) is 19.7 Å². The monoisotopic (exact) mass is 355 g/mol. The van der Waals surface area contributed by atoms with Crippen LogP contribution in [0.15, 0.2) is 48.5 Å². The highest BCUT2D eigenvalue weighted by Gasteiger charge is 2.31. The molecule has 0 saturated carbocycles. The van der Waals surface area contributed by atoms with Gasteiger partial charge in [-0.15, -0.1) is 0 Å². The van der Waals surface area contributed by atoms with Crippen LogP contribution >= 0.6 is 11.8 Å². The van der Waals surface area contributed by atoms with Gasteiger partial charge in [0.2, 0.25) is 5.91 Å². The van der Waals surface area contributed by atoms with Gasteiger partial charge in [0.15, 0.2) is 12.4 Å². The second-order valence-electron chi connectivity index (χ2n) is 5.81. The summed E-state index contributed by atoms with van der Waals surface area (Å²) in [5.41, 5.74) is 2.59. The number of aryl methyl sites for hydroxylation is 1. The van der Waals surface area contributed by atoms with E-state index in [0.717, 1.165) is 22.9 Å². The minimum absolute atomic E-state index is 0.0296. The fourth-order valence-electron chi connectivity index (χ4n) is 2.51. The van der Waals surface area contributed by atoms with Crippen LogP contribution in [-0.4, -0.2) is 28.8 Å². The SMILES string of the molecule is Cc1cccc(C(=O)COc2ccc(CC3SC(=O)NC3=O)cc2)c1. The van der Waals surface area contributed by atoms with Gasteiger partial charge in [0.05, 0.1) is 5.25 Å². The fraction of sp³-hybridized carbons (Fsp3) is 0.211. The quantitative estimate of drug-likeness (QED) is 0.806. The molecule has 1 aliphatic heterocycles. The third-order valence-electron chi connectivity index (χ3n) is 3.82. The van der Waals surface area contributed by atoms with Crippen molar-refractivity contribution in [1.82, 2.24) is 5.32 Å². The van der Waals surface area contributed by atoms with E-state index in [0.29, 0.717) is 17.7 Å². The van der Waals surface area contributed by atoms with Gasteiger partial charge >= 0.3 is 0 Å². The predicted octanol–water partition coefficient (Wildman–Crippen LogP) is 3.15. The van der Waals surface area contributed by atoms with Gasteiger partial charge in [0.25, 0.3) is 5.24 Å². The van der Waals surface area contributed by atoms with Crippen molar-refractivity contribution in [3.63, 3.8) is 0 Å². The van der Waals surface area contributed by atoms with Crippen molar-refractivity contribution < 1.29 is 19.1 Å². The Balaban J connectivity index is 1.55. The van der Waals surface area contributed by atoms with Gasteiger partial charge in [-0.05, 0) is 37.1 Å². The van der Waals surface area contributed by atoms with E-state index in [2.05, 4.69) is 5.32 Å². The molecule has 1 heterocycles. The number of ketones is 1. The van der Waals surface area contributed by atoms with E-state index >= 15 is 0 Å². The number of carbonyl (C=O) groups is 3. The lowest BCUT2D eigenvalue weighted by Gasteiger charge is -2.08. The van der Waals surface area contributed by atoms with E-state index in [-0.39, 0.29) is 28.8 Å². The average molecular weight is 355 g/mol. The number of hydrogen-bond donors (Lipinski definition) is 1. The molecule has 1 unspecified atom stereocenters. The first-order valence-electron chi connectivity index (χ1n) is 7.84. The summed E-state index contributed by atoms with van der Waals surface area (Å²) in [4.78, 5) is 34.9. The Bertz CT molecular complexity index is 816. The zero-order chi connectivity index (χ0) is 17.8. The van der Waals surface area contributed by atoms with Gasteiger partial charge < -0.3 is 4.74 Å². The summed E-state index contributed by atoms with van der Waals surface area (Å²) in [5, 5.41) is 1.59. The molecule has 5 nitrogen and oxygen atoms in total. The number of ether oxygens (including phenoxy) is 1. The Labute approximate surface area is 149 Å². The van der Waals surface area contributed by atoms with Crippen LogP contribution in [0.25, 0.3) is 0 Å². The van der Waals surface area contributed by atoms with Gasteiger partial charge in [0.1, 0.15) is 5.75 Å². The van der Waals surface area contributed by atoms with Crippen molar-refractivity contribution in [1.29, 1.82) is 0 Å². The normalized spacial score (nSPS) is 16.6.